The lowest BCUT2D eigenvalue weighted by molar-refractivity contribution is 0.601. The summed E-state index contributed by atoms with van der Waals surface area (Å²) in [5.41, 5.74) is 1.43. The number of halogens is 1. The van der Waals surface area contributed by atoms with Crippen LogP contribution in [0.1, 0.15) is 5.56 Å². The number of nitrogens with one attached hydrogen (secondary N) is 2. The summed E-state index contributed by atoms with van der Waals surface area (Å²) >= 11 is 5.77. The summed E-state index contributed by atoms with van der Waals surface area (Å²) in [5, 5.41) is 3.66. The molecule has 2 N–H and O–H groups in total. The van der Waals surface area contributed by atoms with Gasteiger partial charge in [0.05, 0.1) is 11.4 Å². The molecule has 0 saturated heterocycles. The molecule has 0 amide bonds. The van der Waals surface area contributed by atoms with Crippen LogP contribution in [0.15, 0.2) is 58.4 Å². The summed E-state index contributed by atoms with van der Waals surface area (Å²) in [4.78, 5) is 4.49. The van der Waals surface area contributed by atoms with Gasteiger partial charge in [0.1, 0.15) is 5.84 Å². The fraction of sp³-hybridized carbons (Fsp3) is 0.133. The average Bonchev–Trinajstić information content (AvgIpc) is 3.02. The molecule has 114 valence electrons. The van der Waals surface area contributed by atoms with Crippen molar-refractivity contribution in [1.29, 1.82) is 0 Å². The van der Waals surface area contributed by atoms with Crippen molar-refractivity contribution in [1.82, 2.24) is 5.32 Å². The molecular weight excluding hydrogens is 322 g/mol. The highest BCUT2D eigenvalue weighted by atomic mass is 35.5. The van der Waals surface area contributed by atoms with E-state index in [1.807, 2.05) is 12.1 Å². The zero-order valence-corrected chi connectivity index (χ0v) is 13.2. The molecule has 2 aromatic rings. The minimum Gasteiger partial charge on any atom is -0.368 e. The Morgan fingerprint density at radius 1 is 1.05 bits per heavy atom. The smallest absolute Gasteiger partial charge is 0.261 e. The van der Waals surface area contributed by atoms with E-state index in [2.05, 4.69) is 15.0 Å². The van der Waals surface area contributed by atoms with Crippen LogP contribution in [0.5, 0.6) is 0 Å². The zero-order valence-electron chi connectivity index (χ0n) is 11.6. The monoisotopic (exact) mass is 335 g/mol. The second-order valence-electron chi connectivity index (χ2n) is 4.79. The second-order valence-corrected chi connectivity index (χ2v) is 6.91. The minimum atomic E-state index is -3.62. The van der Waals surface area contributed by atoms with E-state index in [-0.39, 0.29) is 4.90 Å². The van der Waals surface area contributed by atoms with Crippen LogP contribution in [0.25, 0.3) is 0 Å². The number of nitrogens with zero attached hydrogens (tertiary/aromatic N) is 1. The summed E-state index contributed by atoms with van der Waals surface area (Å²) in [6.45, 7) is 1.60. The molecule has 0 aromatic heterocycles. The number of benzene rings is 2. The van der Waals surface area contributed by atoms with Gasteiger partial charge in [0.25, 0.3) is 10.0 Å². The van der Waals surface area contributed by atoms with Crippen LogP contribution < -0.4 is 10.0 Å². The highest BCUT2D eigenvalue weighted by Gasteiger charge is 2.14. The maximum absolute atomic E-state index is 12.3. The molecule has 7 heteroatoms. The summed E-state index contributed by atoms with van der Waals surface area (Å²) < 4.78 is 27.1. The molecule has 1 aliphatic rings. The topological polar surface area (TPSA) is 70.6 Å². The lowest BCUT2D eigenvalue weighted by atomic mass is 10.2. The van der Waals surface area contributed by atoms with Gasteiger partial charge in [0, 0.05) is 22.8 Å². The molecule has 0 spiro atoms. The minimum absolute atomic E-state index is 0.169. The molecule has 0 unspecified atom stereocenters. The van der Waals surface area contributed by atoms with Crippen molar-refractivity contribution >= 4 is 33.1 Å². The predicted octanol–water partition coefficient (Wildman–Crippen LogP) is 2.49. The summed E-state index contributed by atoms with van der Waals surface area (Å²) in [5.74, 6) is 0.840. The molecule has 0 aliphatic carbocycles. The Kier molecular flexibility index (Phi) is 4.04. The largest absolute Gasteiger partial charge is 0.368 e. The van der Waals surface area contributed by atoms with Crippen molar-refractivity contribution in [3.63, 3.8) is 0 Å². The van der Waals surface area contributed by atoms with Crippen LogP contribution in [-0.2, 0) is 10.0 Å². The molecule has 0 atom stereocenters. The average molecular weight is 336 g/mol. The van der Waals surface area contributed by atoms with Crippen molar-refractivity contribution in [3.8, 4) is 0 Å². The Labute approximate surface area is 134 Å². The molecule has 2 aromatic carbocycles. The number of sulfonamides is 1. The number of anilines is 1. The molecule has 1 aliphatic heterocycles. The number of hydrogen-bond donors (Lipinski definition) is 2. The van der Waals surface area contributed by atoms with Gasteiger partial charge in [0.2, 0.25) is 0 Å². The van der Waals surface area contributed by atoms with Crippen LogP contribution in [0.4, 0.5) is 5.69 Å². The third kappa shape index (κ3) is 3.23. The molecule has 0 radical (unpaired) electrons. The van der Waals surface area contributed by atoms with Crippen molar-refractivity contribution in [2.75, 3.05) is 17.8 Å². The number of amidine groups is 1. The SMILES string of the molecule is O=S(=O)(Nc1ccc(C2=NCCN2)cc1)c1ccc(Cl)cc1. The highest BCUT2D eigenvalue weighted by Crippen LogP contribution is 2.19. The maximum Gasteiger partial charge on any atom is 0.261 e. The van der Waals surface area contributed by atoms with Crippen molar-refractivity contribution in [2.45, 2.75) is 4.90 Å². The molecule has 5 nitrogen and oxygen atoms in total. The normalized spacial score (nSPS) is 14.3. The Balaban J connectivity index is 1.78. The van der Waals surface area contributed by atoms with Gasteiger partial charge in [-0.25, -0.2) is 8.42 Å². The Bertz CT molecular complexity index is 800. The van der Waals surface area contributed by atoms with Gasteiger partial charge < -0.3 is 5.32 Å². The third-order valence-electron chi connectivity index (χ3n) is 3.21. The van der Waals surface area contributed by atoms with E-state index in [1.54, 1.807) is 24.3 Å². The van der Waals surface area contributed by atoms with Crippen LogP contribution in [-0.4, -0.2) is 27.3 Å². The fourth-order valence-corrected chi connectivity index (χ4v) is 3.30. The first-order valence-corrected chi connectivity index (χ1v) is 8.58. The van der Waals surface area contributed by atoms with Crippen LogP contribution in [0.2, 0.25) is 5.02 Å². The van der Waals surface area contributed by atoms with E-state index in [9.17, 15) is 8.42 Å². The molecule has 0 bridgehead atoms. The Morgan fingerprint density at radius 2 is 1.73 bits per heavy atom. The van der Waals surface area contributed by atoms with E-state index < -0.39 is 10.0 Å². The van der Waals surface area contributed by atoms with Gasteiger partial charge in [-0.1, -0.05) is 11.6 Å². The maximum atomic E-state index is 12.3. The molecule has 3 rings (SSSR count). The number of hydrogen-bond acceptors (Lipinski definition) is 4. The predicted molar refractivity (Wildman–Crippen MR) is 88.1 cm³/mol. The summed E-state index contributed by atoms with van der Waals surface area (Å²) in [6, 6.07) is 13.1. The van der Waals surface area contributed by atoms with E-state index in [1.165, 1.54) is 12.1 Å². The molecule has 0 fully saturated rings. The standard InChI is InChI=1S/C15H14ClN3O2S/c16-12-3-7-14(8-4-12)22(20,21)19-13-5-1-11(2-6-13)15-17-9-10-18-15/h1-8,19H,9-10H2,(H,17,18). The quantitative estimate of drug-likeness (QED) is 0.901. The lowest BCUT2D eigenvalue weighted by Crippen LogP contribution is -2.19. The number of aliphatic imine (C=N–C) groups is 1. The highest BCUT2D eigenvalue weighted by molar-refractivity contribution is 7.92. The van der Waals surface area contributed by atoms with Gasteiger partial charge in [-0.05, 0) is 48.5 Å². The van der Waals surface area contributed by atoms with E-state index in [4.69, 9.17) is 11.6 Å². The first-order valence-electron chi connectivity index (χ1n) is 6.72. The van der Waals surface area contributed by atoms with E-state index >= 15 is 0 Å². The van der Waals surface area contributed by atoms with Crippen LogP contribution in [0.3, 0.4) is 0 Å². The molecular formula is C15H14ClN3O2S. The van der Waals surface area contributed by atoms with Gasteiger partial charge >= 0.3 is 0 Å². The number of rotatable bonds is 4. The fourth-order valence-electron chi connectivity index (χ4n) is 2.12. The van der Waals surface area contributed by atoms with Gasteiger partial charge in [-0.3, -0.25) is 9.71 Å². The summed E-state index contributed by atoms with van der Waals surface area (Å²) in [6.07, 6.45) is 0. The van der Waals surface area contributed by atoms with Crippen LogP contribution in [0, 0.1) is 0 Å². The first-order chi connectivity index (χ1) is 10.5. The van der Waals surface area contributed by atoms with Crippen molar-refractivity contribution in [2.24, 2.45) is 4.99 Å². The Hall–Kier alpha value is -2.05. The van der Waals surface area contributed by atoms with Gasteiger partial charge in [-0.15, -0.1) is 0 Å². The lowest BCUT2D eigenvalue weighted by Gasteiger charge is -2.09. The van der Waals surface area contributed by atoms with E-state index in [0.29, 0.717) is 10.7 Å². The van der Waals surface area contributed by atoms with Crippen molar-refractivity contribution in [3.05, 3.63) is 59.1 Å². The first kappa shape index (κ1) is 14.9. The second kappa shape index (κ2) is 5.98. The molecule has 0 saturated carbocycles. The van der Waals surface area contributed by atoms with Crippen LogP contribution >= 0.6 is 11.6 Å². The Morgan fingerprint density at radius 3 is 2.32 bits per heavy atom. The van der Waals surface area contributed by atoms with Gasteiger partial charge in [0.15, 0.2) is 0 Å². The van der Waals surface area contributed by atoms with E-state index in [0.717, 1.165) is 24.5 Å². The zero-order chi connectivity index (χ0) is 15.6. The molecule has 22 heavy (non-hydrogen) atoms. The molecule has 1 heterocycles. The van der Waals surface area contributed by atoms with Crippen molar-refractivity contribution < 1.29 is 8.42 Å². The van der Waals surface area contributed by atoms with Gasteiger partial charge in [-0.2, -0.15) is 0 Å². The third-order valence-corrected chi connectivity index (χ3v) is 4.86. The summed E-state index contributed by atoms with van der Waals surface area (Å²) in [7, 11) is -3.62.